The predicted octanol–water partition coefficient (Wildman–Crippen LogP) is -0.502. The van der Waals surface area contributed by atoms with E-state index in [1.54, 1.807) is 20.9 Å². The van der Waals surface area contributed by atoms with Crippen molar-refractivity contribution in [3.05, 3.63) is 0 Å². The van der Waals surface area contributed by atoms with Crippen molar-refractivity contribution in [2.75, 3.05) is 26.9 Å². The van der Waals surface area contributed by atoms with Crippen molar-refractivity contribution < 1.29 is 24.5 Å². The van der Waals surface area contributed by atoms with Gasteiger partial charge in [-0.1, -0.05) is 0 Å². The summed E-state index contributed by atoms with van der Waals surface area (Å²) in [5.41, 5.74) is -1.11. The Morgan fingerprint density at radius 1 is 1.61 bits per heavy atom. The van der Waals surface area contributed by atoms with Crippen molar-refractivity contribution in [1.29, 1.82) is 0 Å². The summed E-state index contributed by atoms with van der Waals surface area (Å²) < 4.78 is 5.14. The summed E-state index contributed by atoms with van der Waals surface area (Å²) in [7, 11) is 1.55. The van der Waals surface area contributed by atoms with Crippen molar-refractivity contribution in [3.63, 3.8) is 0 Å². The molecule has 0 aromatic heterocycles. The molecule has 0 aliphatic carbocycles. The highest BCUT2D eigenvalue weighted by Crippen LogP contribution is 2.28. The van der Waals surface area contributed by atoms with E-state index >= 15 is 0 Å². The SMILES string of the molecule is CC(CO)N(C)C(=O)NC1COCC1(C)C(=O)O. The number of amides is 2. The molecule has 1 aliphatic rings. The van der Waals surface area contributed by atoms with E-state index in [2.05, 4.69) is 5.32 Å². The molecular formula is C11H20N2O5. The second-order valence-electron chi connectivity index (χ2n) is 4.88. The maximum atomic E-state index is 11.9. The molecule has 18 heavy (non-hydrogen) atoms. The van der Waals surface area contributed by atoms with E-state index in [9.17, 15) is 9.59 Å². The number of aliphatic carboxylic acids is 1. The third-order valence-corrected chi connectivity index (χ3v) is 3.49. The van der Waals surface area contributed by atoms with E-state index < -0.39 is 23.5 Å². The summed E-state index contributed by atoms with van der Waals surface area (Å²) in [6.45, 7) is 3.34. The lowest BCUT2D eigenvalue weighted by Crippen LogP contribution is -2.54. The minimum absolute atomic E-state index is 0.0759. The number of rotatable bonds is 4. The Kier molecular flexibility index (Phi) is 4.53. The molecule has 0 aromatic carbocycles. The highest BCUT2D eigenvalue weighted by atomic mass is 16.5. The van der Waals surface area contributed by atoms with Crippen LogP contribution in [-0.4, -0.2) is 66.1 Å². The number of hydrogen-bond donors (Lipinski definition) is 3. The maximum Gasteiger partial charge on any atom is 0.317 e. The lowest BCUT2D eigenvalue weighted by atomic mass is 9.85. The second-order valence-corrected chi connectivity index (χ2v) is 4.88. The van der Waals surface area contributed by atoms with E-state index in [1.807, 2.05) is 0 Å². The number of aliphatic hydroxyl groups is 1. The van der Waals surface area contributed by atoms with Crippen molar-refractivity contribution in [2.24, 2.45) is 5.41 Å². The molecule has 3 N–H and O–H groups in total. The van der Waals surface area contributed by atoms with Gasteiger partial charge in [0.25, 0.3) is 0 Å². The van der Waals surface area contributed by atoms with Gasteiger partial charge in [-0.2, -0.15) is 0 Å². The summed E-state index contributed by atoms with van der Waals surface area (Å²) in [5, 5.41) is 20.8. The number of hydrogen-bond acceptors (Lipinski definition) is 4. The molecule has 0 bridgehead atoms. The van der Waals surface area contributed by atoms with Gasteiger partial charge in [-0.3, -0.25) is 4.79 Å². The number of carboxylic acids is 1. The Bertz CT molecular complexity index is 335. The average molecular weight is 260 g/mol. The molecule has 1 saturated heterocycles. The maximum absolute atomic E-state index is 11.9. The molecule has 7 heteroatoms. The molecule has 1 rings (SSSR count). The minimum atomic E-state index is -1.11. The van der Waals surface area contributed by atoms with E-state index in [1.165, 1.54) is 4.90 Å². The third kappa shape index (κ3) is 2.73. The molecule has 0 spiro atoms. The monoisotopic (exact) mass is 260 g/mol. The van der Waals surface area contributed by atoms with Gasteiger partial charge in [0.05, 0.1) is 31.9 Å². The molecule has 0 saturated carbocycles. The van der Waals surface area contributed by atoms with E-state index in [-0.39, 0.29) is 25.9 Å². The summed E-state index contributed by atoms with van der Waals surface area (Å²) in [6.07, 6.45) is 0. The van der Waals surface area contributed by atoms with Crippen molar-refractivity contribution in [3.8, 4) is 0 Å². The summed E-state index contributed by atoms with van der Waals surface area (Å²) in [4.78, 5) is 24.4. The number of urea groups is 1. The smallest absolute Gasteiger partial charge is 0.317 e. The zero-order chi connectivity index (χ0) is 13.9. The molecule has 104 valence electrons. The van der Waals surface area contributed by atoms with Crippen LogP contribution < -0.4 is 5.32 Å². The zero-order valence-corrected chi connectivity index (χ0v) is 10.8. The van der Waals surface area contributed by atoms with Crippen molar-refractivity contribution in [2.45, 2.75) is 25.9 Å². The topological polar surface area (TPSA) is 99.1 Å². The molecule has 1 fully saturated rings. The number of carboxylic acid groups (broad SMARTS) is 1. The van der Waals surface area contributed by atoms with Crippen LogP contribution >= 0.6 is 0 Å². The van der Waals surface area contributed by atoms with Crippen LogP contribution in [0.3, 0.4) is 0 Å². The van der Waals surface area contributed by atoms with E-state index in [0.29, 0.717) is 0 Å². The number of carbonyl (C=O) groups is 2. The molecule has 3 unspecified atom stereocenters. The van der Waals surface area contributed by atoms with E-state index in [4.69, 9.17) is 14.9 Å². The Balaban J connectivity index is 2.67. The quantitative estimate of drug-likeness (QED) is 0.633. The molecule has 1 heterocycles. The van der Waals surface area contributed by atoms with Gasteiger partial charge in [-0.25, -0.2) is 4.79 Å². The number of ether oxygens (including phenoxy) is 1. The fraction of sp³-hybridized carbons (Fsp3) is 0.818. The predicted molar refractivity (Wildman–Crippen MR) is 63.2 cm³/mol. The fourth-order valence-electron chi connectivity index (χ4n) is 1.66. The van der Waals surface area contributed by atoms with Crippen LogP contribution in [-0.2, 0) is 9.53 Å². The van der Waals surface area contributed by atoms with Crippen LogP contribution in [0.15, 0.2) is 0 Å². The normalized spacial score (nSPS) is 28.8. The van der Waals surface area contributed by atoms with E-state index in [0.717, 1.165) is 0 Å². The Morgan fingerprint density at radius 2 is 2.22 bits per heavy atom. The first kappa shape index (κ1) is 14.7. The highest BCUT2D eigenvalue weighted by Gasteiger charge is 2.47. The van der Waals surface area contributed by atoms with Crippen molar-refractivity contribution in [1.82, 2.24) is 10.2 Å². The van der Waals surface area contributed by atoms with Crippen LogP contribution in [0.2, 0.25) is 0 Å². The van der Waals surface area contributed by atoms with Crippen molar-refractivity contribution >= 4 is 12.0 Å². The Labute approximate surface area is 106 Å². The first-order valence-corrected chi connectivity index (χ1v) is 5.78. The average Bonchev–Trinajstić information content (AvgIpc) is 2.70. The molecule has 2 amide bonds. The molecule has 7 nitrogen and oxygen atoms in total. The largest absolute Gasteiger partial charge is 0.481 e. The van der Waals surface area contributed by atoms with Crippen LogP contribution in [0.25, 0.3) is 0 Å². The van der Waals surface area contributed by atoms with Gasteiger partial charge in [0.1, 0.15) is 5.41 Å². The summed E-state index contributed by atoms with van der Waals surface area (Å²) >= 11 is 0. The minimum Gasteiger partial charge on any atom is -0.481 e. The summed E-state index contributed by atoms with van der Waals surface area (Å²) in [5.74, 6) is -0.997. The lowest BCUT2D eigenvalue weighted by molar-refractivity contribution is -0.148. The number of carbonyl (C=O) groups excluding carboxylic acids is 1. The Morgan fingerprint density at radius 3 is 2.72 bits per heavy atom. The van der Waals surface area contributed by atoms with Gasteiger partial charge in [0, 0.05) is 7.05 Å². The fourth-order valence-corrected chi connectivity index (χ4v) is 1.66. The van der Waals surface area contributed by atoms with Gasteiger partial charge in [-0.05, 0) is 13.8 Å². The van der Waals surface area contributed by atoms with Gasteiger partial charge in [-0.15, -0.1) is 0 Å². The molecule has 1 aliphatic heterocycles. The highest BCUT2D eigenvalue weighted by molar-refractivity contribution is 5.79. The number of nitrogens with one attached hydrogen (secondary N) is 1. The molecule has 3 atom stereocenters. The number of nitrogens with zero attached hydrogens (tertiary/aromatic N) is 1. The van der Waals surface area contributed by atoms with Gasteiger partial charge in [0.2, 0.25) is 0 Å². The molecular weight excluding hydrogens is 240 g/mol. The molecule has 0 aromatic rings. The second kappa shape index (κ2) is 5.53. The van der Waals surface area contributed by atoms with Crippen LogP contribution in [0.4, 0.5) is 4.79 Å². The summed E-state index contributed by atoms with van der Waals surface area (Å²) in [6, 6.07) is -1.32. The Hall–Kier alpha value is -1.34. The van der Waals surface area contributed by atoms with Gasteiger partial charge in [0.15, 0.2) is 0 Å². The van der Waals surface area contributed by atoms with Gasteiger partial charge < -0.3 is 25.2 Å². The zero-order valence-electron chi connectivity index (χ0n) is 10.8. The lowest BCUT2D eigenvalue weighted by Gasteiger charge is -2.29. The number of aliphatic hydroxyl groups excluding tert-OH is 1. The number of likely N-dealkylation sites (N-methyl/N-ethyl adjacent to an activating group) is 1. The van der Waals surface area contributed by atoms with Crippen LogP contribution in [0.1, 0.15) is 13.8 Å². The van der Waals surface area contributed by atoms with Gasteiger partial charge >= 0.3 is 12.0 Å². The standard InChI is InChI=1S/C11H20N2O5/c1-7(4-14)13(3)10(17)12-8-5-18-6-11(8,2)9(15)16/h7-8,14H,4-6H2,1-3H3,(H,12,17)(H,15,16). The molecule has 0 radical (unpaired) electrons. The third-order valence-electron chi connectivity index (χ3n) is 3.49. The van der Waals surface area contributed by atoms with Crippen LogP contribution in [0, 0.1) is 5.41 Å². The first-order chi connectivity index (χ1) is 8.32. The van der Waals surface area contributed by atoms with Crippen LogP contribution in [0.5, 0.6) is 0 Å². The first-order valence-electron chi connectivity index (χ1n) is 5.78.